The predicted octanol–water partition coefficient (Wildman–Crippen LogP) is 2.64. The predicted molar refractivity (Wildman–Crippen MR) is 64.4 cm³/mol. The molecule has 1 atom stereocenters. The highest BCUT2D eigenvalue weighted by molar-refractivity contribution is 5.27. The van der Waals surface area contributed by atoms with E-state index in [0.29, 0.717) is 18.7 Å². The van der Waals surface area contributed by atoms with Crippen LogP contribution in [0.25, 0.3) is 0 Å². The number of hydrogen-bond acceptors (Lipinski definition) is 2. The summed E-state index contributed by atoms with van der Waals surface area (Å²) in [6, 6.07) is 2.04. The molecule has 2 rings (SSSR count). The summed E-state index contributed by atoms with van der Waals surface area (Å²) in [6.45, 7) is 3.15. The number of alkyl halides is 3. The first-order valence-corrected chi connectivity index (χ1v) is 6.17. The van der Waals surface area contributed by atoms with Crippen LogP contribution in [0.5, 0.6) is 0 Å². The zero-order chi connectivity index (χ0) is 14.0. The molecule has 1 heterocycles. The fourth-order valence-electron chi connectivity index (χ4n) is 2.37. The molecule has 0 bridgehead atoms. The molecule has 1 aliphatic heterocycles. The average molecular weight is 276 g/mol. The molecule has 19 heavy (non-hydrogen) atoms. The van der Waals surface area contributed by atoms with Crippen LogP contribution in [-0.4, -0.2) is 37.3 Å². The van der Waals surface area contributed by atoms with E-state index in [9.17, 15) is 17.6 Å². The molecule has 106 valence electrons. The Morgan fingerprint density at radius 2 is 1.84 bits per heavy atom. The second-order valence-corrected chi connectivity index (χ2v) is 4.76. The monoisotopic (exact) mass is 276 g/mol. The lowest BCUT2D eigenvalue weighted by atomic mass is 10.0. The summed E-state index contributed by atoms with van der Waals surface area (Å²) in [5, 5.41) is 2.99. The van der Waals surface area contributed by atoms with Crippen molar-refractivity contribution in [2.24, 2.45) is 0 Å². The first-order valence-electron chi connectivity index (χ1n) is 6.17. The maximum absolute atomic E-state index is 13.8. The van der Waals surface area contributed by atoms with Crippen LogP contribution in [0.4, 0.5) is 17.6 Å². The van der Waals surface area contributed by atoms with E-state index in [1.54, 1.807) is 6.92 Å². The molecule has 1 aliphatic rings. The van der Waals surface area contributed by atoms with Crippen LogP contribution in [-0.2, 0) is 0 Å². The molecule has 1 aromatic carbocycles. The third kappa shape index (κ3) is 3.25. The van der Waals surface area contributed by atoms with E-state index < -0.39 is 18.0 Å². The summed E-state index contributed by atoms with van der Waals surface area (Å²) >= 11 is 0. The van der Waals surface area contributed by atoms with E-state index in [1.807, 2.05) is 0 Å². The number of nitrogens with one attached hydrogen (secondary N) is 1. The van der Waals surface area contributed by atoms with Gasteiger partial charge in [0.05, 0.1) is 0 Å². The molecule has 1 saturated heterocycles. The van der Waals surface area contributed by atoms with Gasteiger partial charge in [-0.25, -0.2) is 4.39 Å². The normalized spacial score (nSPS) is 19.4. The van der Waals surface area contributed by atoms with Crippen molar-refractivity contribution in [3.63, 3.8) is 0 Å². The average Bonchev–Trinajstić information content (AvgIpc) is 2.32. The van der Waals surface area contributed by atoms with Gasteiger partial charge in [0.15, 0.2) is 0 Å². The van der Waals surface area contributed by atoms with Crippen LogP contribution in [0.2, 0.25) is 0 Å². The van der Waals surface area contributed by atoms with Gasteiger partial charge in [0.1, 0.15) is 11.9 Å². The molecule has 6 heteroatoms. The van der Waals surface area contributed by atoms with Crippen LogP contribution < -0.4 is 5.32 Å². The van der Waals surface area contributed by atoms with E-state index in [-0.39, 0.29) is 18.7 Å². The van der Waals surface area contributed by atoms with Crippen molar-refractivity contribution in [1.82, 2.24) is 10.2 Å². The largest absolute Gasteiger partial charge is 0.408 e. The van der Waals surface area contributed by atoms with Crippen molar-refractivity contribution >= 4 is 0 Å². The van der Waals surface area contributed by atoms with E-state index in [2.05, 4.69) is 5.32 Å². The van der Waals surface area contributed by atoms with E-state index in [1.165, 1.54) is 17.0 Å². The molecule has 0 radical (unpaired) electrons. The lowest BCUT2D eigenvalue weighted by Crippen LogP contribution is -2.49. The molecule has 0 aromatic heterocycles. The highest BCUT2D eigenvalue weighted by Gasteiger charge is 2.46. The van der Waals surface area contributed by atoms with Crippen molar-refractivity contribution in [2.45, 2.75) is 19.1 Å². The van der Waals surface area contributed by atoms with Crippen LogP contribution >= 0.6 is 0 Å². The highest BCUT2D eigenvalue weighted by atomic mass is 19.4. The van der Waals surface area contributed by atoms with E-state index in [0.717, 1.165) is 6.07 Å². The van der Waals surface area contributed by atoms with Gasteiger partial charge in [-0.3, -0.25) is 4.90 Å². The summed E-state index contributed by atoms with van der Waals surface area (Å²) < 4.78 is 53.6. The lowest BCUT2D eigenvalue weighted by Gasteiger charge is -2.36. The van der Waals surface area contributed by atoms with Crippen molar-refractivity contribution in [3.8, 4) is 0 Å². The molecule has 0 amide bonds. The highest BCUT2D eigenvalue weighted by Crippen LogP contribution is 2.38. The van der Waals surface area contributed by atoms with E-state index in [4.69, 9.17) is 0 Å². The summed E-state index contributed by atoms with van der Waals surface area (Å²) in [4.78, 5) is 1.28. The SMILES string of the molecule is Cc1ccc([C@H](N2CCNCC2)C(F)(F)F)c(F)c1. The number of benzene rings is 1. The first-order chi connectivity index (χ1) is 8.89. The first kappa shape index (κ1) is 14.3. The molecule has 1 N–H and O–H groups in total. The van der Waals surface area contributed by atoms with Crippen LogP contribution in [0.1, 0.15) is 17.2 Å². The molecular formula is C13H16F4N2. The number of hydrogen-bond donors (Lipinski definition) is 1. The quantitative estimate of drug-likeness (QED) is 0.835. The summed E-state index contributed by atoms with van der Waals surface area (Å²) in [7, 11) is 0. The second kappa shape index (κ2) is 5.46. The zero-order valence-electron chi connectivity index (χ0n) is 10.6. The maximum Gasteiger partial charge on any atom is 0.408 e. The van der Waals surface area contributed by atoms with Crippen molar-refractivity contribution in [3.05, 3.63) is 35.1 Å². The Balaban J connectivity index is 2.36. The number of aryl methyl sites for hydroxylation is 1. The minimum absolute atomic E-state index is 0.261. The van der Waals surface area contributed by atoms with Gasteiger partial charge < -0.3 is 5.32 Å². The topological polar surface area (TPSA) is 15.3 Å². The Labute approximate surface area is 109 Å². The Kier molecular flexibility index (Phi) is 4.10. The summed E-state index contributed by atoms with van der Waals surface area (Å²) in [5.41, 5.74) is 0.322. The number of rotatable bonds is 2. The lowest BCUT2D eigenvalue weighted by molar-refractivity contribution is -0.188. The van der Waals surface area contributed by atoms with Crippen LogP contribution in [0, 0.1) is 12.7 Å². The molecule has 1 aromatic rings. The Bertz CT molecular complexity index is 439. The third-order valence-corrected chi connectivity index (χ3v) is 3.28. The molecule has 2 nitrogen and oxygen atoms in total. The third-order valence-electron chi connectivity index (χ3n) is 3.28. The molecular weight excluding hydrogens is 260 g/mol. The smallest absolute Gasteiger partial charge is 0.314 e. The van der Waals surface area contributed by atoms with Gasteiger partial charge in [0.25, 0.3) is 0 Å². The molecule has 0 saturated carbocycles. The maximum atomic E-state index is 13.8. The molecule has 0 aliphatic carbocycles. The molecule has 1 fully saturated rings. The number of piperazine rings is 1. The fraction of sp³-hybridized carbons (Fsp3) is 0.538. The molecule has 0 unspecified atom stereocenters. The van der Waals surface area contributed by atoms with Gasteiger partial charge in [0.2, 0.25) is 0 Å². The van der Waals surface area contributed by atoms with Gasteiger partial charge in [-0.2, -0.15) is 13.2 Å². The van der Waals surface area contributed by atoms with Gasteiger partial charge in [-0.05, 0) is 18.6 Å². The van der Waals surface area contributed by atoms with Crippen LogP contribution in [0.15, 0.2) is 18.2 Å². The van der Waals surface area contributed by atoms with Crippen molar-refractivity contribution in [1.29, 1.82) is 0 Å². The summed E-state index contributed by atoms with van der Waals surface area (Å²) in [5.74, 6) is -0.791. The van der Waals surface area contributed by atoms with Crippen LogP contribution in [0.3, 0.4) is 0 Å². The Morgan fingerprint density at radius 3 is 2.37 bits per heavy atom. The van der Waals surface area contributed by atoms with Gasteiger partial charge in [-0.15, -0.1) is 0 Å². The second-order valence-electron chi connectivity index (χ2n) is 4.76. The standard InChI is InChI=1S/C13H16F4N2/c1-9-2-3-10(11(14)8-9)12(13(15,16)17)19-6-4-18-5-7-19/h2-3,8,12,18H,4-7H2,1H3/t12-/m0/s1. The van der Waals surface area contributed by atoms with Gasteiger partial charge in [0, 0.05) is 31.7 Å². The molecule has 0 spiro atoms. The fourth-order valence-corrected chi connectivity index (χ4v) is 2.37. The Morgan fingerprint density at radius 1 is 1.21 bits per heavy atom. The minimum Gasteiger partial charge on any atom is -0.314 e. The minimum atomic E-state index is -4.48. The van der Waals surface area contributed by atoms with Crippen molar-refractivity contribution < 1.29 is 17.6 Å². The Hall–Kier alpha value is -1.14. The number of nitrogens with zero attached hydrogens (tertiary/aromatic N) is 1. The van der Waals surface area contributed by atoms with E-state index >= 15 is 0 Å². The zero-order valence-corrected chi connectivity index (χ0v) is 10.6. The number of halogens is 4. The summed E-state index contributed by atoms with van der Waals surface area (Å²) in [6.07, 6.45) is -4.48. The van der Waals surface area contributed by atoms with Gasteiger partial charge in [-0.1, -0.05) is 12.1 Å². The van der Waals surface area contributed by atoms with Crippen molar-refractivity contribution in [2.75, 3.05) is 26.2 Å². The van der Waals surface area contributed by atoms with Gasteiger partial charge >= 0.3 is 6.18 Å².